The third kappa shape index (κ3) is 6.42. The zero-order valence-corrected chi connectivity index (χ0v) is 25.1. The second-order valence-electron chi connectivity index (χ2n) is 8.43. The van der Waals surface area contributed by atoms with E-state index in [0.717, 1.165) is 5.56 Å². The summed E-state index contributed by atoms with van der Waals surface area (Å²) in [6, 6.07) is 24.5. The van der Waals surface area contributed by atoms with Gasteiger partial charge in [0.25, 0.3) is 5.56 Å². The van der Waals surface area contributed by atoms with Crippen molar-refractivity contribution in [1.82, 2.24) is 9.66 Å². The van der Waals surface area contributed by atoms with Gasteiger partial charge in [0.1, 0.15) is 0 Å². The number of hydrogen-bond donors (Lipinski definition) is 0. The van der Waals surface area contributed by atoms with E-state index in [9.17, 15) is 9.59 Å². The molecule has 5 rings (SSSR count). The minimum atomic E-state index is -0.598. The van der Waals surface area contributed by atoms with Gasteiger partial charge in [-0.15, -0.1) is 0 Å². The van der Waals surface area contributed by atoms with Gasteiger partial charge < -0.3 is 4.74 Å². The van der Waals surface area contributed by atoms with Crippen LogP contribution in [0, 0.1) is 0 Å². The van der Waals surface area contributed by atoms with Gasteiger partial charge in [-0.2, -0.15) is 9.78 Å². The summed E-state index contributed by atoms with van der Waals surface area (Å²) in [6.07, 6.45) is 4.38. The standard InChI is InChI=1S/C30H17Br2Cl2N3O3/c31-21-15-20(28(25(32)16-21)40-27(38)14-7-18-5-10-22(33)11-6-18)17-35-37-29(19-8-12-23(34)13-9-19)36-26-4-2-1-3-24(26)30(37)39/h1-17H/b14-7+,35-17?. The Labute approximate surface area is 255 Å². The first-order valence-corrected chi connectivity index (χ1v) is 14.1. The van der Waals surface area contributed by atoms with Crippen molar-refractivity contribution in [2.24, 2.45) is 5.10 Å². The first-order valence-electron chi connectivity index (χ1n) is 11.7. The highest BCUT2D eigenvalue weighted by atomic mass is 79.9. The quantitative estimate of drug-likeness (QED) is 0.0774. The van der Waals surface area contributed by atoms with Crippen LogP contribution in [0.4, 0.5) is 0 Å². The Morgan fingerprint density at radius 3 is 2.33 bits per heavy atom. The van der Waals surface area contributed by atoms with E-state index in [0.29, 0.717) is 46.8 Å². The summed E-state index contributed by atoms with van der Waals surface area (Å²) in [5, 5.41) is 6.06. The number of ether oxygens (including phenoxy) is 1. The van der Waals surface area contributed by atoms with Gasteiger partial charge in [-0.05, 0) is 88.2 Å². The summed E-state index contributed by atoms with van der Waals surface area (Å²) in [5.41, 5.74) is 2.06. The molecule has 0 bridgehead atoms. The summed E-state index contributed by atoms with van der Waals surface area (Å²) in [5.74, 6) is -0.0401. The SMILES string of the molecule is O=C(/C=C/c1ccc(Cl)cc1)Oc1c(Br)cc(Br)cc1C=Nn1c(-c2ccc(Cl)cc2)nc2ccccc2c1=O. The number of benzene rings is 4. The Bertz CT molecular complexity index is 1850. The molecule has 1 aromatic heterocycles. The van der Waals surface area contributed by atoms with Gasteiger partial charge >= 0.3 is 5.97 Å². The largest absolute Gasteiger partial charge is 0.421 e. The fourth-order valence-electron chi connectivity index (χ4n) is 3.79. The molecule has 0 saturated heterocycles. The smallest absolute Gasteiger partial charge is 0.336 e. The number of esters is 1. The topological polar surface area (TPSA) is 73.5 Å². The average molecular weight is 698 g/mol. The lowest BCUT2D eigenvalue weighted by Crippen LogP contribution is -2.20. The molecular formula is C30H17Br2Cl2N3O3. The normalized spacial score (nSPS) is 11.5. The highest BCUT2D eigenvalue weighted by molar-refractivity contribution is 9.11. The van der Waals surface area contributed by atoms with Crippen LogP contribution in [-0.2, 0) is 4.79 Å². The molecular weight excluding hydrogens is 681 g/mol. The number of carbonyl (C=O) groups excluding carboxylic acids is 1. The highest BCUT2D eigenvalue weighted by Gasteiger charge is 2.15. The molecule has 0 amide bonds. The van der Waals surface area contributed by atoms with Crippen LogP contribution in [0.3, 0.4) is 0 Å². The summed E-state index contributed by atoms with van der Waals surface area (Å²) in [7, 11) is 0. The third-order valence-corrected chi connectivity index (χ3v) is 7.24. The molecule has 0 spiro atoms. The van der Waals surface area contributed by atoms with E-state index in [2.05, 4.69) is 37.0 Å². The number of aromatic nitrogens is 2. The molecule has 0 atom stereocenters. The van der Waals surface area contributed by atoms with Crippen molar-refractivity contribution in [3.63, 3.8) is 0 Å². The van der Waals surface area contributed by atoms with Crippen molar-refractivity contribution in [3.8, 4) is 17.1 Å². The van der Waals surface area contributed by atoms with Crippen LogP contribution in [0.25, 0.3) is 28.4 Å². The Morgan fingerprint density at radius 1 is 0.925 bits per heavy atom. The van der Waals surface area contributed by atoms with Gasteiger partial charge in [0.15, 0.2) is 11.6 Å². The van der Waals surface area contributed by atoms with Crippen LogP contribution in [0.15, 0.2) is 110 Å². The first kappa shape index (κ1) is 28.0. The van der Waals surface area contributed by atoms with Crippen LogP contribution in [0.5, 0.6) is 5.75 Å². The highest BCUT2D eigenvalue weighted by Crippen LogP contribution is 2.32. The molecule has 0 aliphatic rings. The van der Waals surface area contributed by atoms with Crippen molar-refractivity contribution in [2.45, 2.75) is 0 Å². The van der Waals surface area contributed by atoms with E-state index < -0.39 is 5.97 Å². The number of nitrogens with zero attached hydrogens (tertiary/aromatic N) is 3. The summed E-state index contributed by atoms with van der Waals surface area (Å²) >= 11 is 18.9. The van der Waals surface area contributed by atoms with E-state index >= 15 is 0 Å². The first-order chi connectivity index (χ1) is 19.3. The molecule has 4 aromatic carbocycles. The molecule has 198 valence electrons. The summed E-state index contributed by atoms with van der Waals surface area (Å²) in [4.78, 5) is 30.9. The predicted molar refractivity (Wildman–Crippen MR) is 167 cm³/mol. The monoisotopic (exact) mass is 695 g/mol. The van der Waals surface area contributed by atoms with Gasteiger partial charge in [-0.25, -0.2) is 9.78 Å². The molecule has 0 N–H and O–H groups in total. The van der Waals surface area contributed by atoms with E-state index in [-0.39, 0.29) is 11.3 Å². The fraction of sp³-hybridized carbons (Fsp3) is 0. The summed E-state index contributed by atoms with van der Waals surface area (Å²) < 4.78 is 8.10. The predicted octanol–water partition coefficient (Wildman–Crippen LogP) is 8.40. The molecule has 6 nitrogen and oxygen atoms in total. The van der Waals surface area contributed by atoms with Gasteiger partial charge in [0, 0.05) is 31.7 Å². The van der Waals surface area contributed by atoms with Crippen molar-refractivity contribution < 1.29 is 9.53 Å². The minimum Gasteiger partial charge on any atom is -0.421 e. The van der Waals surface area contributed by atoms with E-state index in [1.165, 1.54) is 17.0 Å². The zero-order chi connectivity index (χ0) is 28.2. The lowest BCUT2D eigenvalue weighted by molar-refractivity contribution is -0.128. The molecule has 0 aliphatic heterocycles. The third-order valence-electron chi connectivity index (χ3n) is 5.69. The maximum absolute atomic E-state index is 13.5. The zero-order valence-electron chi connectivity index (χ0n) is 20.4. The van der Waals surface area contributed by atoms with Gasteiger partial charge in [0.05, 0.1) is 21.6 Å². The second kappa shape index (κ2) is 12.3. The van der Waals surface area contributed by atoms with Gasteiger partial charge in [-0.1, -0.05) is 63.4 Å². The minimum absolute atomic E-state index is 0.229. The second-order valence-corrected chi connectivity index (χ2v) is 11.1. The van der Waals surface area contributed by atoms with E-state index in [1.807, 2.05) is 6.07 Å². The number of rotatable bonds is 6. The van der Waals surface area contributed by atoms with Gasteiger partial charge in [0.2, 0.25) is 0 Å². The maximum Gasteiger partial charge on any atom is 0.336 e. The Morgan fingerprint density at radius 2 is 1.60 bits per heavy atom. The van der Waals surface area contributed by atoms with E-state index in [1.54, 1.807) is 84.9 Å². The van der Waals surface area contributed by atoms with Crippen LogP contribution in [-0.4, -0.2) is 21.8 Å². The van der Waals surface area contributed by atoms with Crippen molar-refractivity contribution in [2.75, 3.05) is 0 Å². The van der Waals surface area contributed by atoms with Crippen molar-refractivity contribution in [3.05, 3.63) is 131 Å². The molecule has 0 radical (unpaired) electrons. The molecule has 0 aliphatic carbocycles. The summed E-state index contributed by atoms with van der Waals surface area (Å²) in [6.45, 7) is 0. The van der Waals surface area contributed by atoms with Crippen LogP contribution in [0.2, 0.25) is 10.0 Å². The number of fused-ring (bicyclic) bond motifs is 1. The molecule has 5 aromatic rings. The van der Waals surface area contributed by atoms with Crippen LogP contribution < -0.4 is 10.3 Å². The number of para-hydroxylation sites is 1. The maximum atomic E-state index is 13.5. The lowest BCUT2D eigenvalue weighted by atomic mass is 10.2. The molecule has 10 heteroatoms. The van der Waals surface area contributed by atoms with Crippen LogP contribution >= 0.6 is 55.1 Å². The van der Waals surface area contributed by atoms with Crippen molar-refractivity contribution >= 4 is 84.2 Å². The Hall–Kier alpha value is -3.56. The Balaban J connectivity index is 1.54. The Kier molecular flexibility index (Phi) is 8.61. The number of halogens is 4. The lowest BCUT2D eigenvalue weighted by Gasteiger charge is -2.11. The number of carbonyl (C=O) groups is 1. The molecule has 40 heavy (non-hydrogen) atoms. The average Bonchev–Trinajstić information content (AvgIpc) is 2.94. The number of hydrogen-bond acceptors (Lipinski definition) is 5. The molecule has 0 fully saturated rings. The molecule has 0 unspecified atom stereocenters. The van der Waals surface area contributed by atoms with E-state index in [4.69, 9.17) is 32.9 Å². The van der Waals surface area contributed by atoms with Crippen LogP contribution in [0.1, 0.15) is 11.1 Å². The molecule has 1 heterocycles. The molecule has 0 saturated carbocycles. The fourth-order valence-corrected chi connectivity index (χ4v) is 5.38. The van der Waals surface area contributed by atoms with Gasteiger partial charge in [-0.3, -0.25) is 4.79 Å². The van der Waals surface area contributed by atoms with Crippen molar-refractivity contribution in [1.29, 1.82) is 0 Å².